The Hall–Kier alpha value is -0.870. The molecule has 4 saturated carbocycles. The molecule has 0 spiro atoms. The molecule has 34 heavy (non-hydrogen) atoms. The highest BCUT2D eigenvalue weighted by Crippen LogP contribution is 2.75. The van der Waals surface area contributed by atoms with Crippen molar-refractivity contribution >= 4 is 5.97 Å². The fourth-order valence-electron chi connectivity index (χ4n) is 10.7. The molecular formula is C30H48O4. The van der Waals surface area contributed by atoms with Gasteiger partial charge in [-0.15, -0.1) is 0 Å². The van der Waals surface area contributed by atoms with E-state index in [-0.39, 0.29) is 39.1 Å². The minimum Gasteiger partial charge on any atom is -0.481 e. The summed E-state index contributed by atoms with van der Waals surface area (Å²) in [4.78, 5) is 12.8. The van der Waals surface area contributed by atoms with E-state index in [0.29, 0.717) is 24.7 Å². The van der Waals surface area contributed by atoms with Crippen LogP contribution < -0.4 is 0 Å². The maximum absolute atomic E-state index is 12.8. The van der Waals surface area contributed by atoms with Gasteiger partial charge in [0.1, 0.15) is 5.41 Å². The van der Waals surface area contributed by atoms with Crippen LogP contribution in [-0.2, 0) is 4.79 Å². The van der Waals surface area contributed by atoms with Gasteiger partial charge in [0.15, 0.2) is 0 Å². The molecule has 5 rings (SSSR count). The van der Waals surface area contributed by atoms with Crippen molar-refractivity contribution < 1.29 is 20.1 Å². The summed E-state index contributed by atoms with van der Waals surface area (Å²) in [5.74, 6) is 0.0888. The standard InChI is InChI=1S/C30H48O4/c1-25(2)14-15-30(24(33)34)19(16-25)18-8-9-21-27(5)12-11-22(31)26(3,4)20(27)10-13-28(21,6)29(18,7)17-23(30)32/h8,19-23,31-32H,9-17H2,1-7H3,(H,33,34)/t19-,20+,21-,22+,23-,27-,28+,29-,30-/m1/s1. The second-order valence-corrected chi connectivity index (χ2v) is 15.2. The number of hydrogen-bond donors (Lipinski definition) is 3. The zero-order valence-corrected chi connectivity index (χ0v) is 22.6. The van der Waals surface area contributed by atoms with E-state index in [1.54, 1.807) is 0 Å². The van der Waals surface area contributed by atoms with E-state index in [9.17, 15) is 20.1 Å². The number of carboxylic acids is 1. The molecule has 9 atom stereocenters. The lowest BCUT2D eigenvalue weighted by Crippen LogP contribution is -2.67. The van der Waals surface area contributed by atoms with E-state index in [1.807, 2.05) is 0 Å². The molecule has 0 amide bonds. The summed E-state index contributed by atoms with van der Waals surface area (Å²) in [5, 5.41) is 33.1. The predicted octanol–water partition coefficient (Wildman–Crippen LogP) is 6.20. The second-order valence-electron chi connectivity index (χ2n) is 15.2. The Morgan fingerprint density at radius 1 is 0.853 bits per heavy atom. The molecule has 4 nitrogen and oxygen atoms in total. The van der Waals surface area contributed by atoms with Gasteiger partial charge in [-0.25, -0.2) is 0 Å². The van der Waals surface area contributed by atoms with E-state index < -0.39 is 17.5 Å². The Bertz CT molecular complexity index is 919. The molecule has 0 aromatic carbocycles. The SMILES string of the molecule is CC1(C)CC[C@]2(C(=O)O)[C@H](O)C[C@]3(C)C(=CC[C@@H]4[C@]5(C)CC[C@H](O)C(C)(C)[C@@H]5CC[C@@]43C)[C@H]2C1. The number of carboxylic acid groups (broad SMARTS) is 1. The monoisotopic (exact) mass is 472 g/mol. The molecule has 0 aliphatic heterocycles. The number of aliphatic carboxylic acids is 1. The average Bonchev–Trinajstić information content (AvgIpc) is 2.71. The molecule has 5 aliphatic rings. The zero-order valence-electron chi connectivity index (χ0n) is 22.6. The number of aliphatic hydroxyl groups excluding tert-OH is 2. The van der Waals surface area contributed by atoms with Gasteiger partial charge in [-0.2, -0.15) is 0 Å². The van der Waals surface area contributed by atoms with Crippen molar-refractivity contribution in [2.75, 3.05) is 0 Å². The van der Waals surface area contributed by atoms with Crippen molar-refractivity contribution in [2.45, 2.75) is 118 Å². The molecule has 3 N–H and O–H groups in total. The van der Waals surface area contributed by atoms with Crippen LogP contribution in [0.15, 0.2) is 11.6 Å². The molecule has 0 heterocycles. The van der Waals surface area contributed by atoms with Gasteiger partial charge >= 0.3 is 5.97 Å². The topological polar surface area (TPSA) is 77.8 Å². The molecule has 0 unspecified atom stereocenters. The first-order valence-corrected chi connectivity index (χ1v) is 13.9. The smallest absolute Gasteiger partial charge is 0.312 e. The summed E-state index contributed by atoms with van der Waals surface area (Å²) < 4.78 is 0. The van der Waals surface area contributed by atoms with E-state index in [2.05, 4.69) is 54.5 Å². The van der Waals surface area contributed by atoms with Crippen molar-refractivity contribution in [3.63, 3.8) is 0 Å². The Labute approximate surface area is 206 Å². The molecule has 0 saturated heterocycles. The highest BCUT2D eigenvalue weighted by atomic mass is 16.4. The predicted molar refractivity (Wildman–Crippen MR) is 134 cm³/mol. The minimum atomic E-state index is -1.04. The van der Waals surface area contributed by atoms with E-state index in [0.717, 1.165) is 44.9 Å². The van der Waals surface area contributed by atoms with Crippen LogP contribution in [0.25, 0.3) is 0 Å². The van der Waals surface area contributed by atoms with Gasteiger partial charge in [0.2, 0.25) is 0 Å². The Kier molecular flexibility index (Phi) is 5.20. The van der Waals surface area contributed by atoms with Gasteiger partial charge in [-0.1, -0.05) is 60.1 Å². The molecular weight excluding hydrogens is 424 g/mol. The van der Waals surface area contributed by atoms with Gasteiger partial charge < -0.3 is 15.3 Å². The number of carbonyl (C=O) groups is 1. The van der Waals surface area contributed by atoms with Crippen LogP contribution in [0.5, 0.6) is 0 Å². The molecule has 0 bridgehead atoms. The number of hydrogen-bond acceptors (Lipinski definition) is 3. The van der Waals surface area contributed by atoms with E-state index in [4.69, 9.17) is 0 Å². The highest BCUT2D eigenvalue weighted by Gasteiger charge is 2.71. The zero-order chi connectivity index (χ0) is 25.1. The molecule has 5 aliphatic carbocycles. The van der Waals surface area contributed by atoms with Crippen LogP contribution in [0.3, 0.4) is 0 Å². The van der Waals surface area contributed by atoms with Crippen molar-refractivity contribution in [1.82, 2.24) is 0 Å². The van der Waals surface area contributed by atoms with Gasteiger partial charge in [-0.3, -0.25) is 4.79 Å². The quantitative estimate of drug-likeness (QED) is 0.397. The maximum Gasteiger partial charge on any atom is 0.312 e. The van der Waals surface area contributed by atoms with Crippen molar-refractivity contribution in [2.24, 2.45) is 50.2 Å². The first-order valence-electron chi connectivity index (χ1n) is 13.9. The Balaban J connectivity index is 1.63. The van der Waals surface area contributed by atoms with Crippen LogP contribution in [0.1, 0.15) is 106 Å². The molecule has 0 radical (unpaired) electrons. The Morgan fingerprint density at radius 3 is 2.18 bits per heavy atom. The van der Waals surface area contributed by atoms with Gasteiger partial charge in [0.25, 0.3) is 0 Å². The fourth-order valence-corrected chi connectivity index (χ4v) is 10.7. The molecule has 0 aromatic heterocycles. The van der Waals surface area contributed by atoms with Crippen LogP contribution in [0, 0.1) is 50.2 Å². The number of fused-ring (bicyclic) bond motifs is 7. The van der Waals surface area contributed by atoms with E-state index in [1.165, 1.54) is 5.57 Å². The van der Waals surface area contributed by atoms with E-state index >= 15 is 0 Å². The van der Waals surface area contributed by atoms with Crippen LogP contribution in [0.2, 0.25) is 0 Å². The summed E-state index contributed by atoms with van der Waals surface area (Å²) in [7, 11) is 0. The van der Waals surface area contributed by atoms with Crippen LogP contribution in [-0.4, -0.2) is 33.5 Å². The summed E-state index contributed by atoms with van der Waals surface area (Å²) in [5.41, 5.74) is 0.295. The fraction of sp³-hybridized carbons (Fsp3) is 0.900. The third-order valence-electron chi connectivity index (χ3n) is 13.1. The van der Waals surface area contributed by atoms with Crippen molar-refractivity contribution in [3.05, 3.63) is 11.6 Å². The first kappa shape index (κ1) is 24.8. The van der Waals surface area contributed by atoms with Crippen molar-refractivity contribution in [1.29, 1.82) is 0 Å². The normalized spacial score (nSPS) is 53.4. The minimum absolute atomic E-state index is 0.0218. The Morgan fingerprint density at radius 2 is 1.53 bits per heavy atom. The summed E-state index contributed by atoms with van der Waals surface area (Å²) in [6, 6.07) is 0. The van der Waals surface area contributed by atoms with Crippen LogP contribution in [0.4, 0.5) is 0 Å². The molecule has 0 aromatic rings. The lowest BCUT2D eigenvalue weighted by molar-refractivity contribution is -0.218. The highest BCUT2D eigenvalue weighted by molar-refractivity contribution is 5.77. The third-order valence-corrected chi connectivity index (χ3v) is 13.1. The number of rotatable bonds is 1. The average molecular weight is 473 g/mol. The van der Waals surface area contributed by atoms with Crippen molar-refractivity contribution in [3.8, 4) is 0 Å². The number of allylic oxidation sites excluding steroid dienone is 2. The third kappa shape index (κ3) is 2.82. The molecule has 4 heteroatoms. The lowest BCUT2D eigenvalue weighted by atomic mass is 9.33. The van der Waals surface area contributed by atoms with Crippen LogP contribution >= 0.6 is 0 Å². The lowest BCUT2D eigenvalue weighted by Gasteiger charge is -2.71. The second kappa shape index (κ2) is 7.12. The van der Waals surface area contributed by atoms with Gasteiger partial charge in [0, 0.05) is 0 Å². The maximum atomic E-state index is 12.8. The molecule has 4 fully saturated rings. The number of aliphatic hydroxyl groups is 2. The van der Waals surface area contributed by atoms with Gasteiger partial charge in [0.05, 0.1) is 12.2 Å². The summed E-state index contributed by atoms with van der Waals surface area (Å²) in [6.45, 7) is 16.4. The summed E-state index contributed by atoms with van der Waals surface area (Å²) in [6.07, 6.45) is 9.35. The largest absolute Gasteiger partial charge is 0.481 e. The first-order chi connectivity index (χ1) is 15.6. The summed E-state index contributed by atoms with van der Waals surface area (Å²) >= 11 is 0. The van der Waals surface area contributed by atoms with Gasteiger partial charge in [-0.05, 0) is 103 Å². The molecule has 192 valence electrons.